The van der Waals surface area contributed by atoms with E-state index in [9.17, 15) is 0 Å². The Labute approximate surface area is 168 Å². The number of thiazole rings is 1. The zero-order valence-corrected chi connectivity index (χ0v) is 16.6. The Balaban J connectivity index is 1.85. The van der Waals surface area contributed by atoms with Gasteiger partial charge in [-0.3, -0.25) is 4.98 Å². The average Bonchev–Trinajstić information content (AvgIpc) is 3.15. The van der Waals surface area contributed by atoms with Crippen molar-refractivity contribution in [3.05, 3.63) is 83.6 Å². The van der Waals surface area contributed by atoms with Crippen LogP contribution in [0.4, 0.5) is 0 Å². The molecule has 0 N–H and O–H groups in total. The summed E-state index contributed by atoms with van der Waals surface area (Å²) in [5.74, 6) is 0. The average molecular weight is 391 g/mol. The number of aryl methyl sites for hydroxylation is 1. The van der Waals surface area contributed by atoms with Crippen LogP contribution in [0.15, 0.2) is 72.9 Å². The summed E-state index contributed by atoms with van der Waals surface area (Å²) >= 11 is 7.80. The van der Waals surface area contributed by atoms with Crippen LogP contribution in [0.1, 0.15) is 19.0 Å². The fraction of sp³-hybridized carbons (Fsp3) is 0.130. The highest BCUT2D eigenvalue weighted by Crippen LogP contribution is 2.40. The first-order valence-corrected chi connectivity index (χ1v) is 10.2. The maximum Gasteiger partial charge on any atom is 0.124 e. The van der Waals surface area contributed by atoms with E-state index in [2.05, 4.69) is 42.2 Å². The van der Waals surface area contributed by atoms with Crippen LogP contribution in [0.2, 0.25) is 5.02 Å². The minimum atomic E-state index is 0.739. The monoisotopic (exact) mass is 390 g/mol. The summed E-state index contributed by atoms with van der Waals surface area (Å²) in [5.41, 5.74) is 5.49. The zero-order chi connectivity index (χ0) is 18.6. The molecule has 4 heteroatoms. The minimum absolute atomic E-state index is 0.739. The van der Waals surface area contributed by atoms with Gasteiger partial charge in [-0.2, -0.15) is 0 Å². The number of halogens is 1. The van der Waals surface area contributed by atoms with E-state index in [0.29, 0.717) is 0 Å². The third-order valence-electron chi connectivity index (χ3n) is 4.35. The van der Waals surface area contributed by atoms with Crippen LogP contribution in [0.5, 0.6) is 0 Å². The molecule has 134 valence electrons. The van der Waals surface area contributed by atoms with Crippen LogP contribution in [0.25, 0.3) is 32.3 Å². The highest BCUT2D eigenvalue weighted by molar-refractivity contribution is 7.19. The Morgan fingerprint density at radius 1 is 0.889 bits per heavy atom. The maximum atomic E-state index is 6.08. The van der Waals surface area contributed by atoms with Crippen molar-refractivity contribution >= 4 is 22.9 Å². The van der Waals surface area contributed by atoms with Gasteiger partial charge in [-0.05, 0) is 36.2 Å². The first kappa shape index (κ1) is 17.9. The number of rotatable bonds is 5. The highest BCUT2D eigenvalue weighted by Gasteiger charge is 2.16. The fourth-order valence-electron chi connectivity index (χ4n) is 3.04. The van der Waals surface area contributed by atoms with E-state index in [1.54, 1.807) is 11.3 Å². The molecule has 4 rings (SSSR count). The van der Waals surface area contributed by atoms with Crippen LogP contribution < -0.4 is 0 Å². The van der Waals surface area contributed by atoms with Gasteiger partial charge in [0.15, 0.2) is 0 Å². The lowest BCUT2D eigenvalue weighted by Crippen LogP contribution is -1.89. The normalized spacial score (nSPS) is 10.9. The van der Waals surface area contributed by atoms with Gasteiger partial charge in [-0.25, -0.2) is 4.98 Å². The molecule has 0 radical (unpaired) electrons. The molecule has 0 aliphatic rings. The molecule has 2 aromatic heterocycles. The van der Waals surface area contributed by atoms with Crippen molar-refractivity contribution in [2.24, 2.45) is 0 Å². The van der Waals surface area contributed by atoms with E-state index in [-0.39, 0.29) is 0 Å². The standard InChI is InChI=1S/C23H19ClN2S/c1-2-6-20-15-18(13-14-25-20)23-26-21(16-7-4-3-5-8-16)22(27-23)17-9-11-19(24)12-10-17/h3-5,7-15H,2,6H2,1H3. The Bertz CT molecular complexity index is 1040. The quantitative estimate of drug-likeness (QED) is 0.361. The van der Waals surface area contributed by atoms with Gasteiger partial charge in [0.2, 0.25) is 0 Å². The van der Waals surface area contributed by atoms with Crippen molar-refractivity contribution < 1.29 is 0 Å². The predicted octanol–water partition coefficient (Wildman–Crippen LogP) is 7.15. The fourth-order valence-corrected chi connectivity index (χ4v) is 4.25. The Morgan fingerprint density at radius 2 is 1.67 bits per heavy atom. The van der Waals surface area contributed by atoms with Crippen LogP contribution in [0, 0.1) is 0 Å². The van der Waals surface area contributed by atoms with Crippen molar-refractivity contribution in [1.29, 1.82) is 0 Å². The molecular formula is C23H19ClN2S. The molecule has 0 aliphatic heterocycles. The highest BCUT2D eigenvalue weighted by atomic mass is 35.5. The van der Waals surface area contributed by atoms with Gasteiger partial charge in [-0.1, -0.05) is 67.4 Å². The van der Waals surface area contributed by atoms with Gasteiger partial charge < -0.3 is 0 Å². The molecule has 27 heavy (non-hydrogen) atoms. The Hall–Kier alpha value is -2.49. The second-order valence-corrected chi connectivity index (χ2v) is 7.79. The largest absolute Gasteiger partial charge is 0.261 e. The SMILES string of the molecule is CCCc1cc(-c2nc(-c3ccccc3)c(-c3ccc(Cl)cc3)s2)ccn1. The predicted molar refractivity (Wildman–Crippen MR) is 115 cm³/mol. The topological polar surface area (TPSA) is 25.8 Å². The Kier molecular flexibility index (Phi) is 5.33. The van der Waals surface area contributed by atoms with Crippen LogP contribution in [0.3, 0.4) is 0 Å². The molecular weight excluding hydrogens is 372 g/mol. The summed E-state index contributed by atoms with van der Waals surface area (Å²) in [6, 6.07) is 22.5. The van der Waals surface area contributed by atoms with E-state index >= 15 is 0 Å². The summed E-state index contributed by atoms with van der Waals surface area (Å²) in [7, 11) is 0. The van der Waals surface area contributed by atoms with Gasteiger partial charge in [0.25, 0.3) is 0 Å². The van der Waals surface area contributed by atoms with Crippen LogP contribution in [-0.4, -0.2) is 9.97 Å². The van der Waals surface area contributed by atoms with Crippen molar-refractivity contribution in [2.75, 3.05) is 0 Å². The zero-order valence-electron chi connectivity index (χ0n) is 15.0. The molecule has 4 aromatic rings. The number of pyridine rings is 1. The van der Waals surface area contributed by atoms with Crippen molar-refractivity contribution in [2.45, 2.75) is 19.8 Å². The molecule has 0 aliphatic carbocycles. The van der Waals surface area contributed by atoms with Gasteiger partial charge in [-0.15, -0.1) is 11.3 Å². The van der Waals surface area contributed by atoms with Gasteiger partial charge in [0, 0.05) is 28.0 Å². The smallest absolute Gasteiger partial charge is 0.124 e. The molecule has 2 nitrogen and oxygen atoms in total. The lowest BCUT2D eigenvalue weighted by molar-refractivity contribution is 0.883. The molecule has 0 bridgehead atoms. The van der Waals surface area contributed by atoms with E-state index in [1.807, 2.05) is 42.6 Å². The summed E-state index contributed by atoms with van der Waals surface area (Å²) in [5, 5.41) is 1.75. The molecule has 0 saturated carbocycles. The van der Waals surface area contributed by atoms with Gasteiger partial charge >= 0.3 is 0 Å². The molecule has 0 saturated heterocycles. The van der Waals surface area contributed by atoms with Crippen molar-refractivity contribution in [3.8, 4) is 32.3 Å². The number of aromatic nitrogens is 2. The van der Waals surface area contributed by atoms with Gasteiger partial charge in [0.05, 0.1) is 10.6 Å². The number of benzene rings is 2. The molecule has 0 fully saturated rings. The van der Waals surface area contributed by atoms with Crippen LogP contribution >= 0.6 is 22.9 Å². The lowest BCUT2D eigenvalue weighted by Gasteiger charge is -2.02. The van der Waals surface area contributed by atoms with Crippen molar-refractivity contribution in [3.63, 3.8) is 0 Å². The molecule has 2 aromatic carbocycles. The molecule has 0 amide bonds. The second kappa shape index (κ2) is 8.03. The lowest BCUT2D eigenvalue weighted by atomic mass is 10.1. The molecule has 0 spiro atoms. The van der Waals surface area contributed by atoms with E-state index in [4.69, 9.17) is 16.6 Å². The summed E-state index contributed by atoms with van der Waals surface area (Å²) < 4.78 is 0. The summed E-state index contributed by atoms with van der Waals surface area (Å²) in [4.78, 5) is 10.6. The first-order chi connectivity index (χ1) is 13.2. The molecule has 2 heterocycles. The van der Waals surface area contributed by atoms with E-state index in [0.717, 1.165) is 55.8 Å². The van der Waals surface area contributed by atoms with E-state index in [1.165, 1.54) is 0 Å². The summed E-state index contributed by atoms with van der Waals surface area (Å²) in [6.45, 7) is 2.17. The first-order valence-electron chi connectivity index (χ1n) is 9.02. The molecule has 0 unspecified atom stereocenters. The molecule has 0 atom stereocenters. The van der Waals surface area contributed by atoms with Crippen LogP contribution in [-0.2, 0) is 6.42 Å². The van der Waals surface area contributed by atoms with Gasteiger partial charge in [0.1, 0.15) is 5.01 Å². The maximum absolute atomic E-state index is 6.08. The number of hydrogen-bond acceptors (Lipinski definition) is 3. The second-order valence-electron chi connectivity index (χ2n) is 6.36. The third kappa shape index (κ3) is 3.95. The summed E-state index contributed by atoms with van der Waals surface area (Å²) in [6.07, 6.45) is 3.94. The number of hydrogen-bond donors (Lipinski definition) is 0. The Morgan fingerprint density at radius 3 is 2.41 bits per heavy atom. The van der Waals surface area contributed by atoms with Crippen molar-refractivity contribution in [1.82, 2.24) is 9.97 Å². The minimum Gasteiger partial charge on any atom is -0.261 e. The van der Waals surface area contributed by atoms with E-state index < -0.39 is 0 Å². The third-order valence-corrected chi connectivity index (χ3v) is 5.76. The number of nitrogens with zero attached hydrogens (tertiary/aromatic N) is 2.